The molecular weight excluding hydrogens is 1370 g/mol. The van der Waals surface area contributed by atoms with E-state index < -0.39 is 155 Å². The Morgan fingerprint density at radius 3 is 0.256 bits per heavy atom. The highest BCUT2D eigenvalue weighted by Crippen LogP contribution is 2.72. The molecule has 0 radical (unpaired) electrons. The molecule has 56 heteroatoms. The molecule has 0 heterocycles. The van der Waals surface area contributed by atoms with Gasteiger partial charge in [0.2, 0.25) is 0 Å². The van der Waals surface area contributed by atoms with Gasteiger partial charge in [0.25, 0.3) is 0 Å². The van der Waals surface area contributed by atoms with Crippen molar-refractivity contribution in [3.63, 3.8) is 0 Å². The summed E-state index contributed by atoms with van der Waals surface area (Å²) in [5, 5.41) is 0. The zero-order chi connectivity index (χ0) is 68.4. The SMILES string of the molecule is FC(F)(F)C(F)(OC(F)(F)C(F)(F)C(F)(F)C(F)(F)C(F)(F)C(F)(F)C(F)(F)C(F)(F)C(F)(F)C(F)(F)C(F)(F)C(F)(F)C(F)(F)C(F)(F)C(F)(F)C(F)(F)C(F)(F)C(F)(F)C(F)(F)C(F)(F)OC(F)(C(F)(F)F)C(F)(F)F)C(F)(F)F. The van der Waals surface area contributed by atoms with Gasteiger partial charge in [0.05, 0.1) is 0 Å². The number of halogens is 54. The van der Waals surface area contributed by atoms with Crippen molar-refractivity contribution in [2.45, 2.75) is 155 Å². The number of hydrogen-bond donors (Lipinski definition) is 0. The van der Waals surface area contributed by atoms with Crippen molar-refractivity contribution in [2.75, 3.05) is 0 Å². The van der Waals surface area contributed by atoms with E-state index in [1.807, 2.05) is 0 Å². The average molecular weight is 1370 g/mol. The van der Waals surface area contributed by atoms with Crippen molar-refractivity contribution in [3.05, 3.63) is 0 Å². The van der Waals surface area contributed by atoms with Crippen LogP contribution in [-0.4, -0.2) is 155 Å². The van der Waals surface area contributed by atoms with Gasteiger partial charge >= 0.3 is 155 Å². The molecule has 2 nitrogen and oxygen atoms in total. The van der Waals surface area contributed by atoms with Crippen LogP contribution in [-0.2, 0) is 9.47 Å². The van der Waals surface area contributed by atoms with Gasteiger partial charge in [-0.1, -0.05) is 0 Å². The van der Waals surface area contributed by atoms with E-state index in [2.05, 4.69) is 0 Å². The molecule has 0 aromatic heterocycles. The monoisotopic (exact) mass is 1370 g/mol. The lowest BCUT2D eigenvalue weighted by Crippen LogP contribution is -2.81. The first kappa shape index (κ1) is 78.1. The van der Waals surface area contributed by atoms with E-state index in [0.717, 1.165) is 0 Å². The lowest BCUT2D eigenvalue weighted by Gasteiger charge is -2.47. The van der Waals surface area contributed by atoms with Gasteiger partial charge in [-0.2, -0.15) is 237 Å². The molecular formula is C26F54O2. The standard InChI is InChI=1S/C26F54O2/c27-1(28,3(31,32)5(35,36)7(39,40)9(43,44)11(47,48)13(51,52)15(55,56)17(59,60)25(77,78)81-19(63,21(65,66)67)22(68,69)70)2(29,30)4(33,34)6(37,38)8(41,42)10(45,46)12(49,50)14(53,54)16(57,58)18(61,62)26(79,80)82-20(64,23(71,72)73)24(74,75)76. The smallest absolute Gasteiger partial charge is 0.262 e. The van der Waals surface area contributed by atoms with E-state index in [1.54, 1.807) is 0 Å². The zero-order valence-corrected chi connectivity index (χ0v) is 34.2. The highest BCUT2D eigenvalue weighted by atomic mass is 19.5. The summed E-state index contributed by atoms with van der Waals surface area (Å²) in [6.07, 6.45) is -53.4. The molecule has 0 aromatic rings. The summed E-state index contributed by atoms with van der Waals surface area (Å²) < 4.78 is 736. The molecule has 0 rings (SSSR count). The summed E-state index contributed by atoms with van der Waals surface area (Å²) in [5.74, 6) is -211. The Kier molecular flexibility index (Phi) is 17.9. The molecule has 0 saturated carbocycles. The van der Waals surface area contributed by atoms with Gasteiger partial charge < -0.3 is 0 Å². The topological polar surface area (TPSA) is 18.5 Å². The number of rotatable bonds is 23. The lowest BCUT2D eigenvalue weighted by atomic mass is 9.82. The first-order valence-electron chi connectivity index (χ1n) is 16.8. The van der Waals surface area contributed by atoms with Crippen molar-refractivity contribution in [1.29, 1.82) is 0 Å². The summed E-state index contributed by atoms with van der Waals surface area (Å²) in [5.41, 5.74) is 0. The maximum atomic E-state index is 14.2. The fraction of sp³-hybridized carbons (Fsp3) is 1.00. The predicted octanol–water partition coefficient (Wildman–Crippen LogP) is 17.2. The van der Waals surface area contributed by atoms with Crippen molar-refractivity contribution >= 4 is 0 Å². The predicted molar refractivity (Wildman–Crippen MR) is 133 cm³/mol. The molecule has 0 atom stereocenters. The zero-order valence-electron chi connectivity index (χ0n) is 34.2. The van der Waals surface area contributed by atoms with Crippen LogP contribution in [0.25, 0.3) is 0 Å². The quantitative estimate of drug-likeness (QED) is 0.0950. The second-order valence-corrected chi connectivity index (χ2v) is 14.8. The van der Waals surface area contributed by atoms with Crippen LogP contribution >= 0.6 is 0 Å². The summed E-state index contributed by atoms with van der Waals surface area (Å²) in [6, 6.07) is 0. The Balaban J connectivity index is 8.18. The largest absolute Gasteiger partial charge is 0.458 e. The summed E-state index contributed by atoms with van der Waals surface area (Å²) in [7, 11) is 0. The third kappa shape index (κ3) is 9.29. The molecule has 0 spiro atoms. The van der Waals surface area contributed by atoms with Gasteiger partial charge in [-0.05, 0) is 0 Å². The second kappa shape index (κ2) is 18.8. The van der Waals surface area contributed by atoms with Crippen LogP contribution in [0.2, 0.25) is 0 Å². The minimum absolute atomic E-state index is 0.528. The number of hydrogen-bond acceptors (Lipinski definition) is 2. The van der Waals surface area contributed by atoms with Crippen LogP contribution in [0.4, 0.5) is 237 Å². The normalized spacial score (nSPS) is 17.5. The van der Waals surface area contributed by atoms with Gasteiger partial charge in [-0.15, -0.1) is 0 Å². The highest BCUT2D eigenvalue weighted by Gasteiger charge is 3.04. The molecule has 0 aliphatic rings. The average Bonchev–Trinajstić information content (AvgIpc) is 3.20. The third-order valence-electron chi connectivity index (χ3n) is 9.43. The molecule has 0 saturated heterocycles. The Hall–Kier alpha value is -3.86. The molecule has 0 aromatic carbocycles. The van der Waals surface area contributed by atoms with Crippen LogP contribution in [0.15, 0.2) is 0 Å². The van der Waals surface area contributed by atoms with Crippen molar-refractivity contribution in [1.82, 2.24) is 0 Å². The van der Waals surface area contributed by atoms with Crippen LogP contribution in [0, 0.1) is 0 Å². The molecule has 0 amide bonds. The summed E-state index contributed by atoms with van der Waals surface area (Å²) in [6.45, 7) is 0. The summed E-state index contributed by atoms with van der Waals surface area (Å²) >= 11 is 0. The Bertz CT molecular complexity index is 2090. The van der Waals surface area contributed by atoms with Gasteiger partial charge in [0.1, 0.15) is 0 Å². The molecule has 0 N–H and O–H groups in total. The summed E-state index contributed by atoms with van der Waals surface area (Å²) in [4.78, 5) is 0. The van der Waals surface area contributed by atoms with E-state index in [1.165, 1.54) is 0 Å². The highest BCUT2D eigenvalue weighted by molar-refractivity contribution is 5.23. The van der Waals surface area contributed by atoms with Gasteiger partial charge in [0, 0.05) is 0 Å². The second-order valence-electron chi connectivity index (χ2n) is 14.8. The first-order chi connectivity index (χ1) is 34.2. The Labute approximate surface area is 403 Å². The fourth-order valence-corrected chi connectivity index (χ4v) is 4.55. The van der Waals surface area contributed by atoms with E-state index in [4.69, 9.17) is 0 Å². The van der Waals surface area contributed by atoms with Crippen LogP contribution in [0.5, 0.6) is 0 Å². The molecule has 0 bridgehead atoms. The van der Waals surface area contributed by atoms with E-state index in [0.29, 0.717) is 9.47 Å². The fourth-order valence-electron chi connectivity index (χ4n) is 4.55. The minimum atomic E-state index is -11.0. The van der Waals surface area contributed by atoms with Gasteiger partial charge in [-0.3, -0.25) is 9.47 Å². The van der Waals surface area contributed by atoms with E-state index in [9.17, 15) is 237 Å². The Morgan fingerprint density at radius 1 is 0.110 bits per heavy atom. The molecule has 0 aliphatic carbocycles. The van der Waals surface area contributed by atoms with Crippen molar-refractivity contribution in [3.8, 4) is 0 Å². The first-order valence-corrected chi connectivity index (χ1v) is 16.8. The van der Waals surface area contributed by atoms with Crippen LogP contribution < -0.4 is 0 Å². The third-order valence-corrected chi connectivity index (χ3v) is 9.43. The number of ether oxygens (including phenoxy) is 2. The van der Waals surface area contributed by atoms with Crippen molar-refractivity contribution in [2.24, 2.45) is 0 Å². The molecule has 0 fully saturated rings. The van der Waals surface area contributed by atoms with E-state index in [-0.39, 0.29) is 0 Å². The van der Waals surface area contributed by atoms with Crippen LogP contribution in [0.1, 0.15) is 0 Å². The maximum absolute atomic E-state index is 14.2. The minimum Gasteiger partial charge on any atom is -0.262 e. The van der Waals surface area contributed by atoms with Gasteiger partial charge in [0.15, 0.2) is 0 Å². The van der Waals surface area contributed by atoms with Gasteiger partial charge in [-0.25, -0.2) is 0 Å². The Morgan fingerprint density at radius 2 is 0.183 bits per heavy atom. The maximum Gasteiger partial charge on any atom is 0.458 e. The van der Waals surface area contributed by atoms with Crippen LogP contribution in [0.3, 0.4) is 0 Å². The molecule has 82 heavy (non-hydrogen) atoms. The molecule has 0 unspecified atom stereocenters. The number of alkyl halides is 54. The van der Waals surface area contributed by atoms with Crippen molar-refractivity contribution < 1.29 is 247 Å². The lowest BCUT2D eigenvalue weighted by molar-refractivity contribution is -0.530. The molecule has 0 aliphatic heterocycles. The van der Waals surface area contributed by atoms with E-state index >= 15 is 0 Å². The molecule has 494 valence electrons.